The van der Waals surface area contributed by atoms with Gasteiger partial charge in [0.1, 0.15) is 12.7 Å². The van der Waals surface area contributed by atoms with Crippen molar-refractivity contribution in [1.29, 1.82) is 0 Å². The molecule has 0 unspecified atom stereocenters. The number of amides is 2. The number of aromatic nitrogens is 3. The summed E-state index contributed by atoms with van der Waals surface area (Å²) in [6.45, 7) is 3.80. The van der Waals surface area contributed by atoms with Gasteiger partial charge in [-0.15, -0.1) is 0 Å². The first-order valence-corrected chi connectivity index (χ1v) is 12.1. The predicted molar refractivity (Wildman–Crippen MR) is 139 cm³/mol. The first-order chi connectivity index (χ1) is 17.5. The number of aliphatic imine (C=N–C) groups is 1. The van der Waals surface area contributed by atoms with E-state index < -0.39 is 0 Å². The molecule has 1 saturated heterocycles. The highest BCUT2D eigenvalue weighted by Crippen LogP contribution is 2.29. The lowest BCUT2D eigenvalue weighted by molar-refractivity contribution is -0.113. The zero-order valence-electron chi connectivity index (χ0n) is 20.2. The lowest BCUT2D eigenvalue weighted by Gasteiger charge is -2.32. The number of benzene rings is 2. The molecular weight excluding hydrogens is 454 g/mol. The molecule has 1 fully saturated rings. The second-order valence-corrected chi connectivity index (χ2v) is 9.22. The Hall–Kier alpha value is -4.27. The first kappa shape index (κ1) is 23.5. The van der Waals surface area contributed by atoms with Crippen LogP contribution in [-0.4, -0.2) is 56.9 Å². The Balaban J connectivity index is 1.25. The van der Waals surface area contributed by atoms with Gasteiger partial charge in [-0.05, 0) is 73.6 Å². The molecule has 5 rings (SSSR count). The van der Waals surface area contributed by atoms with Gasteiger partial charge in [-0.2, -0.15) is 5.10 Å². The van der Waals surface area contributed by atoms with Crippen molar-refractivity contribution in [3.05, 3.63) is 83.5 Å². The van der Waals surface area contributed by atoms with E-state index in [9.17, 15) is 9.59 Å². The number of rotatable bonds is 4. The van der Waals surface area contributed by atoms with E-state index in [0.717, 1.165) is 24.1 Å². The molecule has 2 aliphatic heterocycles. The molecule has 0 spiro atoms. The molecule has 0 bridgehead atoms. The number of anilines is 2. The van der Waals surface area contributed by atoms with Crippen LogP contribution in [0.5, 0.6) is 0 Å². The molecule has 0 radical (unpaired) electrons. The molecule has 9 nitrogen and oxygen atoms in total. The predicted octanol–water partition coefficient (Wildman–Crippen LogP) is 3.40. The van der Waals surface area contributed by atoms with Crippen molar-refractivity contribution >= 4 is 29.0 Å². The van der Waals surface area contributed by atoms with E-state index in [2.05, 4.69) is 32.5 Å². The van der Waals surface area contributed by atoms with E-state index in [1.165, 1.54) is 16.6 Å². The molecule has 0 atom stereocenters. The van der Waals surface area contributed by atoms with Gasteiger partial charge < -0.3 is 16.0 Å². The molecule has 2 aromatic carbocycles. The van der Waals surface area contributed by atoms with Crippen molar-refractivity contribution in [2.45, 2.75) is 32.1 Å². The van der Waals surface area contributed by atoms with E-state index in [4.69, 9.17) is 5.73 Å². The Labute approximate surface area is 209 Å². The van der Waals surface area contributed by atoms with Gasteiger partial charge >= 0.3 is 0 Å². The van der Waals surface area contributed by atoms with Gasteiger partial charge in [-0.25, -0.2) is 9.67 Å². The monoisotopic (exact) mass is 483 g/mol. The third kappa shape index (κ3) is 5.05. The molecule has 3 heterocycles. The second-order valence-electron chi connectivity index (χ2n) is 9.22. The van der Waals surface area contributed by atoms with Gasteiger partial charge in [-0.3, -0.25) is 14.6 Å². The number of nitrogens with one attached hydrogen (secondary N) is 1. The number of dihydropyridines is 1. The SMILES string of the molecule is Cc1ccc(C(=O)N2CCC(c3ccc(N)cc3)CC2)cc1NC(=O)C1=CC(n2cncn2)=NCC1. The number of piperidine rings is 1. The summed E-state index contributed by atoms with van der Waals surface area (Å²) in [5, 5.41) is 7.07. The number of nitrogen functional groups attached to an aromatic ring is 1. The summed E-state index contributed by atoms with van der Waals surface area (Å²) in [6.07, 6.45) is 7.06. The summed E-state index contributed by atoms with van der Waals surface area (Å²) >= 11 is 0. The fourth-order valence-corrected chi connectivity index (χ4v) is 4.67. The Morgan fingerprint density at radius 1 is 1.08 bits per heavy atom. The number of hydrogen-bond acceptors (Lipinski definition) is 6. The average molecular weight is 484 g/mol. The topological polar surface area (TPSA) is 119 Å². The summed E-state index contributed by atoms with van der Waals surface area (Å²) in [6, 6.07) is 13.5. The molecule has 1 aromatic heterocycles. The number of hydrogen-bond donors (Lipinski definition) is 2. The fraction of sp³-hybridized carbons (Fsp3) is 0.296. The smallest absolute Gasteiger partial charge is 0.253 e. The Morgan fingerprint density at radius 3 is 2.58 bits per heavy atom. The number of nitrogens with two attached hydrogens (primary N) is 1. The van der Waals surface area contributed by atoms with Crippen molar-refractivity contribution in [1.82, 2.24) is 19.7 Å². The zero-order chi connectivity index (χ0) is 25.1. The van der Waals surface area contributed by atoms with Gasteiger partial charge in [0.25, 0.3) is 11.8 Å². The largest absolute Gasteiger partial charge is 0.399 e. The molecule has 36 heavy (non-hydrogen) atoms. The summed E-state index contributed by atoms with van der Waals surface area (Å²) in [5.41, 5.74) is 10.5. The quantitative estimate of drug-likeness (QED) is 0.552. The molecule has 9 heteroatoms. The van der Waals surface area contributed by atoms with Crippen LogP contribution in [-0.2, 0) is 4.79 Å². The van der Waals surface area contributed by atoms with Crippen LogP contribution in [0.3, 0.4) is 0 Å². The lowest BCUT2D eigenvalue weighted by Crippen LogP contribution is -2.38. The molecular formula is C27H29N7O2. The van der Waals surface area contributed by atoms with Gasteiger partial charge in [0.15, 0.2) is 5.84 Å². The normalized spacial score (nSPS) is 16.3. The molecule has 2 amide bonds. The molecule has 184 valence electrons. The summed E-state index contributed by atoms with van der Waals surface area (Å²) in [5.74, 6) is 0.780. The number of carbonyl (C=O) groups is 2. The highest BCUT2D eigenvalue weighted by atomic mass is 16.2. The van der Waals surface area contributed by atoms with E-state index in [1.807, 2.05) is 36.1 Å². The maximum absolute atomic E-state index is 13.3. The van der Waals surface area contributed by atoms with Crippen LogP contribution < -0.4 is 11.1 Å². The number of carbonyl (C=O) groups excluding carboxylic acids is 2. The molecule has 3 N–H and O–H groups in total. The highest BCUT2D eigenvalue weighted by molar-refractivity contribution is 6.10. The maximum atomic E-state index is 13.3. The second kappa shape index (κ2) is 10.2. The summed E-state index contributed by atoms with van der Waals surface area (Å²) in [7, 11) is 0. The van der Waals surface area contributed by atoms with E-state index in [0.29, 0.717) is 54.6 Å². The van der Waals surface area contributed by atoms with Crippen molar-refractivity contribution in [2.75, 3.05) is 30.7 Å². The average Bonchev–Trinajstić information content (AvgIpc) is 3.45. The van der Waals surface area contributed by atoms with Gasteiger partial charge in [0, 0.05) is 42.1 Å². The van der Waals surface area contributed by atoms with E-state index in [-0.39, 0.29) is 11.8 Å². The number of aryl methyl sites for hydroxylation is 1. The van der Waals surface area contributed by atoms with Gasteiger partial charge in [0.05, 0.1) is 0 Å². The molecule has 0 aliphatic carbocycles. The number of likely N-dealkylation sites (tertiary alicyclic amines) is 1. The number of nitrogens with zero attached hydrogens (tertiary/aromatic N) is 5. The van der Waals surface area contributed by atoms with E-state index >= 15 is 0 Å². The molecule has 3 aromatic rings. The fourth-order valence-electron chi connectivity index (χ4n) is 4.67. The van der Waals surface area contributed by atoms with Crippen molar-refractivity contribution in [3.63, 3.8) is 0 Å². The van der Waals surface area contributed by atoms with Crippen molar-refractivity contribution in [3.8, 4) is 0 Å². The summed E-state index contributed by atoms with van der Waals surface area (Å²) < 4.78 is 1.54. The summed E-state index contributed by atoms with van der Waals surface area (Å²) in [4.78, 5) is 36.5. The minimum absolute atomic E-state index is 0.0151. The van der Waals surface area contributed by atoms with Crippen LogP contribution in [0.2, 0.25) is 0 Å². The molecule has 0 saturated carbocycles. The standard InChI is InChI=1S/C27H29N7O2/c1-18-2-3-22(27(36)33-12-9-20(10-13-33)19-4-6-23(28)7-5-19)14-24(18)32-26(35)21-8-11-30-25(15-21)34-17-29-16-31-34/h2-7,14-17,20H,8-13,28H2,1H3,(H,32,35). The van der Waals surface area contributed by atoms with Crippen LogP contribution in [0.1, 0.15) is 46.7 Å². The first-order valence-electron chi connectivity index (χ1n) is 12.1. The van der Waals surface area contributed by atoms with Gasteiger partial charge in [0.2, 0.25) is 0 Å². The van der Waals surface area contributed by atoms with Gasteiger partial charge in [-0.1, -0.05) is 18.2 Å². The van der Waals surface area contributed by atoms with Crippen LogP contribution >= 0.6 is 0 Å². The Bertz CT molecular complexity index is 1320. The third-order valence-corrected chi connectivity index (χ3v) is 6.83. The maximum Gasteiger partial charge on any atom is 0.253 e. The highest BCUT2D eigenvalue weighted by Gasteiger charge is 2.25. The minimum Gasteiger partial charge on any atom is -0.399 e. The molecule has 2 aliphatic rings. The van der Waals surface area contributed by atoms with Crippen LogP contribution in [0.15, 0.2) is 71.8 Å². The van der Waals surface area contributed by atoms with Crippen molar-refractivity contribution in [2.24, 2.45) is 4.99 Å². The number of allylic oxidation sites excluding steroid dienone is 1. The Morgan fingerprint density at radius 2 is 1.86 bits per heavy atom. The van der Waals surface area contributed by atoms with Crippen LogP contribution in [0.25, 0.3) is 0 Å². The zero-order valence-corrected chi connectivity index (χ0v) is 20.2. The van der Waals surface area contributed by atoms with Crippen LogP contribution in [0.4, 0.5) is 11.4 Å². The Kier molecular flexibility index (Phi) is 6.62. The minimum atomic E-state index is -0.209. The lowest BCUT2D eigenvalue weighted by atomic mass is 9.89. The third-order valence-electron chi connectivity index (χ3n) is 6.83. The van der Waals surface area contributed by atoms with Crippen molar-refractivity contribution < 1.29 is 9.59 Å². The van der Waals surface area contributed by atoms with E-state index in [1.54, 1.807) is 18.5 Å². The van der Waals surface area contributed by atoms with Crippen LogP contribution in [0, 0.1) is 6.92 Å².